The maximum Gasteiger partial charge on any atom is 0.321 e. The number of carbonyl (C=O) groups is 1. The van der Waals surface area contributed by atoms with E-state index in [2.05, 4.69) is 4.90 Å². The van der Waals surface area contributed by atoms with E-state index in [0.717, 1.165) is 13.1 Å². The van der Waals surface area contributed by atoms with Gasteiger partial charge in [0.2, 0.25) is 0 Å². The van der Waals surface area contributed by atoms with Gasteiger partial charge in [-0.05, 0) is 13.5 Å². The molecule has 0 spiro atoms. The minimum atomic E-state index is -3.64. The minimum absolute atomic E-state index is 0.225. The van der Waals surface area contributed by atoms with E-state index in [4.69, 9.17) is 9.84 Å². The second-order valence-corrected chi connectivity index (χ2v) is 6.56. The highest BCUT2D eigenvalue weighted by molar-refractivity contribution is 7.92. The van der Waals surface area contributed by atoms with Gasteiger partial charge < -0.3 is 9.84 Å². The first-order valence-corrected chi connectivity index (χ1v) is 7.36. The lowest BCUT2D eigenvalue weighted by Gasteiger charge is -2.32. The van der Waals surface area contributed by atoms with Crippen molar-refractivity contribution in [3.05, 3.63) is 0 Å². The quantitative estimate of drug-likeness (QED) is 0.728. The Hall–Kier alpha value is -0.660. The molecule has 0 saturated carbocycles. The van der Waals surface area contributed by atoms with Gasteiger partial charge in [0.25, 0.3) is 0 Å². The van der Waals surface area contributed by atoms with Gasteiger partial charge in [-0.1, -0.05) is 6.92 Å². The van der Waals surface area contributed by atoms with Crippen molar-refractivity contribution in [3.63, 3.8) is 0 Å². The lowest BCUT2D eigenvalue weighted by molar-refractivity contribution is -0.136. The van der Waals surface area contributed by atoms with Crippen molar-refractivity contribution in [1.82, 2.24) is 4.90 Å². The fourth-order valence-corrected chi connectivity index (χ4v) is 3.04. The molecule has 0 aromatic rings. The van der Waals surface area contributed by atoms with Crippen molar-refractivity contribution < 1.29 is 23.1 Å². The number of hydrogen-bond acceptors (Lipinski definition) is 5. The molecule has 7 heteroatoms. The molecule has 0 aromatic heterocycles. The fourth-order valence-electron chi connectivity index (χ4n) is 1.73. The number of hydrogen-bond donors (Lipinski definition) is 1. The molecule has 100 valence electrons. The van der Waals surface area contributed by atoms with Crippen molar-refractivity contribution in [2.45, 2.75) is 25.2 Å². The first kappa shape index (κ1) is 14.4. The summed E-state index contributed by atoms with van der Waals surface area (Å²) in [4.78, 5) is 12.8. The molecule has 1 heterocycles. The third kappa shape index (κ3) is 3.93. The van der Waals surface area contributed by atoms with Crippen LogP contribution in [-0.2, 0) is 19.4 Å². The molecular formula is C10H19NO5S. The number of carboxylic acid groups (broad SMARTS) is 1. The molecule has 2 atom stereocenters. The molecule has 0 aliphatic carbocycles. The molecule has 17 heavy (non-hydrogen) atoms. The number of ether oxygens (including phenoxy) is 1. The summed E-state index contributed by atoms with van der Waals surface area (Å²) in [6, 6.07) is 0. The van der Waals surface area contributed by atoms with E-state index in [1.165, 1.54) is 6.92 Å². The average Bonchev–Trinajstić information content (AvgIpc) is 2.27. The van der Waals surface area contributed by atoms with Crippen LogP contribution in [0.4, 0.5) is 0 Å². The van der Waals surface area contributed by atoms with Gasteiger partial charge in [-0.3, -0.25) is 9.69 Å². The normalized spacial score (nSPS) is 24.5. The van der Waals surface area contributed by atoms with Gasteiger partial charge in [-0.25, -0.2) is 8.42 Å². The van der Waals surface area contributed by atoms with Gasteiger partial charge in [-0.15, -0.1) is 0 Å². The number of rotatable bonds is 5. The van der Waals surface area contributed by atoms with Gasteiger partial charge >= 0.3 is 5.97 Å². The summed E-state index contributed by atoms with van der Waals surface area (Å²) >= 11 is 0. The minimum Gasteiger partial charge on any atom is -0.480 e. The van der Waals surface area contributed by atoms with Gasteiger partial charge in [0, 0.05) is 13.1 Å². The zero-order valence-electron chi connectivity index (χ0n) is 10.1. The Kier molecular flexibility index (Phi) is 4.91. The molecule has 0 amide bonds. The number of likely N-dealkylation sites (N-methyl/N-ethyl adjacent to an activating group) is 1. The standard InChI is InChI=1S/C10H19NO5S/c1-3-11-4-5-16-9(6-11)7-17(14,15)8(2)10(12)13/h8-9H,3-7H2,1-2H3,(H,12,13). The van der Waals surface area contributed by atoms with Gasteiger partial charge in [0.15, 0.2) is 15.1 Å². The van der Waals surface area contributed by atoms with Crippen LogP contribution in [-0.4, -0.2) is 67.7 Å². The average molecular weight is 265 g/mol. The molecular weight excluding hydrogens is 246 g/mol. The van der Waals surface area contributed by atoms with E-state index in [9.17, 15) is 13.2 Å². The maximum atomic E-state index is 11.8. The number of morpholine rings is 1. The molecule has 1 N–H and O–H groups in total. The van der Waals surface area contributed by atoms with Crippen LogP contribution in [0.5, 0.6) is 0 Å². The smallest absolute Gasteiger partial charge is 0.321 e. The van der Waals surface area contributed by atoms with E-state index >= 15 is 0 Å². The highest BCUT2D eigenvalue weighted by atomic mass is 32.2. The van der Waals surface area contributed by atoms with Gasteiger partial charge in [0.05, 0.1) is 18.5 Å². The zero-order valence-corrected chi connectivity index (χ0v) is 10.9. The summed E-state index contributed by atoms with van der Waals surface area (Å²) in [5.41, 5.74) is 0. The van der Waals surface area contributed by atoms with E-state index in [-0.39, 0.29) is 5.75 Å². The Morgan fingerprint density at radius 3 is 2.76 bits per heavy atom. The molecule has 0 aromatic carbocycles. The number of carboxylic acids is 1. The lowest BCUT2D eigenvalue weighted by atomic mass is 10.3. The fraction of sp³-hybridized carbons (Fsp3) is 0.900. The monoisotopic (exact) mass is 265 g/mol. The zero-order chi connectivity index (χ0) is 13.1. The van der Waals surface area contributed by atoms with Crippen LogP contribution in [0.25, 0.3) is 0 Å². The Labute approximate surface area is 101 Å². The molecule has 0 radical (unpaired) electrons. The molecule has 1 rings (SSSR count). The van der Waals surface area contributed by atoms with Crippen LogP contribution in [0.2, 0.25) is 0 Å². The second-order valence-electron chi connectivity index (χ2n) is 4.20. The summed E-state index contributed by atoms with van der Waals surface area (Å²) in [7, 11) is -3.64. The van der Waals surface area contributed by atoms with Crippen molar-refractivity contribution in [2.75, 3.05) is 32.0 Å². The van der Waals surface area contributed by atoms with Gasteiger partial charge in [-0.2, -0.15) is 0 Å². The highest BCUT2D eigenvalue weighted by Crippen LogP contribution is 2.11. The molecule has 0 bridgehead atoms. The summed E-state index contributed by atoms with van der Waals surface area (Å²) in [5.74, 6) is -1.54. The van der Waals surface area contributed by atoms with Crippen molar-refractivity contribution in [3.8, 4) is 0 Å². The Balaban J connectivity index is 2.61. The summed E-state index contributed by atoms with van der Waals surface area (Å²) in [6.07, 6.45) is -0.421. The second kappa shape index (κ2) is 5.79. The Morgan fingerprint density at radius 2 is 2.24 bits per heavy atom. The topological polar surface area (TPSA) is 83.9 Å². The predicted octanol–water partition coefficient (Wildman–Crippen LogP) is -0.405. The molecule has 2 unspecified atom stereocenters. The van der Waals surface area contributed by atoms with E-state index in [1.807, 2.05) is 6.92 Å². The van der Waals surface area contributed by atoms with E-state index < -0.39 is 27.2 Å². The van der Waals surface area contributed by atoms with Crippen LogP contribution in [0.1, 0.15) is 13.8 Å². The largest absolute Gasteiger partial charge is 0.480 e. The van der Waals surface area contributed by atoms with Crippen molar-refractivity contribution in [1.29, 1.82) is 0 Å². The number of nitrogens with zero attached hydrogens (tertiary/aromatic N) is 1. The van der Waals surface area contributed by atoms with Crippen molar-refractivity contribution >= 4 is 15.8 Å². The molecule has 1 fully saturated rings. The van der Waals surface area contributed by atoms with Crippen LogP contribution < -0.4 is 0 Å². The Bertz CT molecular complexity index is 367. The summed E-state index contributed by atoms with van der Waals surface area (Å²) < 4.78 is 28.9. The van der Waals surface area contributed by atoms with Crippen LogP contribution >= 0.6 is 0 Å². The van der Waals surface area contributed by atoms with Crippen LogP contribution in [0.3, 0.4) is 0 Å². The van der Waals surface area contributed by atoms with Crippen molar-refractivity contribution in [2.24, 2.45) is 0 Å². The highest BCUT2D eigenvalue weighted by Gasteiger charge is 2.32. The first-order chi connectivity index (χ1) is 7.86. The summed E-state index contributed by atoms with van der Waals surface area (Å²) in [6.45, 7) is 5.86. The molecule has 6 nitrogen and oxygen atoms in total. The SMILES string of the molecule is CCN1CCOC(CS(=O)(=O)C(C)C(=O)O)C1. The number of aliphatic carboxylic acids is 1. The lowest BCUT2D eigenvalue weighted by Crippen LogP contribution is -2.46. The summed E-state index contributed by atoms with van der Waals surface area (Å²) in [5, 5.41) is 7.34. The van der Waals surface area contributed by atoms with E-state index in [1.54, 1.807) is 0 Å². The first-order valence-electron chi connectivity index (χ1n) is 5.65. The number of sulfone groups is 1. The third-order valence-electron chi connectivity index (χ3n) is 2.97. The van der Waals surface area contributed by atoms with Crippen LogP contribution in [0.15, 0.2) is 0 Å². The maximum absolute atomic E-state index is 11.8. The predicted molar refractivity (Wildman–Crippen MR) is 62.7 cm³/mol. The molecule has 1 aliphatic heterocycles. The molecule has 1 aliphatic rings. The Morgan fingerprint density at radius 1 is 1.59 bits per heavy atom. The van der Waals surface area contributed by atoms with Crippen LogP contribution in [0, 0.1) is 0 Å². The van der Waals surface area contributed by atoms with E-state index in [0.29, 0.717) is 13.2 Å². The third-order valence-corrected chi connectivity index (χ3v) is 5.09. The molecule has 1 saturated heterocycles. The van der Waals surface area contributed by atoms with Gasteiger partial charge in [0.1, 0.15) is 0 Å².